The molecule has 0 atom stereocenters. The summed E-state index contributed by atoms with van der Waals surface area (Å²) in [5.41, 5.74) is 0.542. The maximum absolute atomic E-state index is 11.5. The van der Waals surface area contributed by atoms with E-state index in [0.717, 1.165) is 10.8 Å². The topological polar surface area (TPSA) is 79.3 Å². The molecule has 0 aromatic carbocycles. The number of nitrogens with zero attached hydrogens (tertiary/aromatic N) is 1. The average molecular weight is 302 g/mol. The summed E-state index contributed by atoms with van der Waals surface area (Å²) in [5.74, 6) is -0.0163. The largest absolute Gasteiger partial charge is 0.481 e. The summed E-state index contributed by atoms with van der Waals surface area (Å²) >= 11 is 2.71. The molecule has 1 aromatic heterocycles. The Hall–Kier alpha value is -1.08. The quantitative estimate of drug-likeness (QED) is 0.718. The van der Waals surface area contributed by atoms with Gasteiger partial charge in [-0.3, -0.25) is 9.59 Å². The second-order valence-electron chi connectivity index (χ2n) is 4.50. The van der Waals surface area contributed by atoms with E-state index in [1.807, 2.05) is 0 Å². The molecule has 1 rings (SSSR count). The molecule has 0 aliphatic rings. The summed E-state index contributed by atoms with van der Waals surface area (Å²) in [4.78, 5) is 26.2. The van der Waals surface area contributed by atoms with Crippen LogP contribution in [-0.2, 0) is 16.0 Å². The highest BCUT2D eigenvalue weighted by Crippen LogP contribution is 2.22. The molecule has 0 aliphatic heterocycles. The number of amides is 1. The van der Waals surface area contributed by atoms with Gasteiger partial charge in [0.2, 0.25) is 5.91 Å². The SMILES string of the molecule is CC(C)CCNC(=O)CSc1nc(CC(=O)O)cs1. The molecule has 106 valence electrons. The number of carboxylic acid groups (broad SMARTS) is 1. The highest BCUT2D eigenvalue weighted by Gasteiger charge is 2.08. The second-order valence-corrected chi connectivity index (χ2v) is 6.58. The van der Waals surface area contributed by atoms with Crippen molar-refractivity contribution in [3.05, 3.63) is 11.1 Å². The van der Waals surface area contributed by atoms with Crippen LogP contribution in [0, 0.1) is 5.92 Å². The number of carboxylic acids is 1. The summed E-state index contributed by atoms with van der Waals surface area (Å²) in [6.45, 7) is 4.92. The van der Waals surface area contributed by atoms with Crippen LogP contribution < -0.4 is 5.32 Å². The molecule has 0 aliphatic carbocycles. The van der Waals surface area contributed by atoms with Crippen molar-refractivity contribution in [3.63, 3.8) is 0 Å². The third-order valence-corrected chi connectivity index (χ3v) is 4.30. The van der Waals surface area contributed by atoms with Crippen LogP contribution in [0.1, 0.15) is 26.0 Å². The van der Waals surface area contributed by atoms with Gasteiger partial charge < -0.3 is 10.4 Å². The lowest BCUT2D eigenvalue weighted by Crippen LogP contribution is -2.26. The Morgan fingerprint density at radius 1 is 1.53 bits per heavy atom. The molecule has 19 heavy (non-hydrogen) atoms. The van der Waals surface area contributed by atoms with Gasteiger partial charge in [0, 0.05) is 11.9 Å². The van der Waals surface area contributed by atoms with E-state index in [-0.39, 0.29) is 12.3 Å². The summed E-state index contributed by atoms with van der Waals surface area (Å²) in [7, 11) is 0. The molecular weight excluding hydrogens is 284 g/mol. The number of nitrogens with one attached hydrogen (secondary N) is 1. The molecule has 0 saturated heterocycles. The van der Waals surface area contributed by atoms with Crippen LogP contribution in [-0.4, -0.2) is 34.3 Å². The smallest absolute Gasteiger partial charge is 0.309 e. The summed E-state index contributed by atoms with van der Waals surface area (Å²) in [6, 6.07) is 0. The molecule has 0 saturated carbocycles. The van der Waals surface area contributed by atoms with Crippen LogP contribution in [0.5, 0.6) is 0 Å². The minimum atomic E-state index is -0.895. The zero-order valence-electron chi connectivity index (χ0n) is 11.0. The second kappa shape index (κ2) is 8.16. The van der Waals surface area contributed by atoms with Gasteiger partial charge in [-0.25, -0.2) is 4.98 Å². The van der Waals surface area contributed by atoms with Gasteiger partial charge in [-0.1, -0.05) is 25.6 Å². The van der Waals surface area contributed by atoms with Crippen LogP contribution in [0.25, 0.3) is 0 Å². The van der Waals surface area contributed by atoms with Crippen LogP contribution in [0.4, 0.5) is 0 Å². The Morgan fingerprint density at radius 3 is 2.89 bits per heavy atom. The molecule has 5 nitrogen and oxygen atoms in total. The van der Waals surface area contributed by atoms with Crippen molar-refractivity contribution in [2.24, 2.45) is 5.92 Å². The van der Waals surface area contributed by atoms with E-state index in [1.54, 1.807) is 5.38 Å². The fourth-order valence-corrected chi connectivity index (χ4v) is 2.94. The maximum Gasteiger partial charge on any atom is 0.309 e. The molecule has 0 fully saturated rings. The predicted molar refractivity (Wildman–Crippen MR) is 76.6 cm³/mol. The van der Waals surface area contributed by atoms with E-state index in [0.29, 0.717) is 23.9 Å². The van der Waals surface area contributed by atoms with Crippen LogP contribution >= 0.6 is 23.1 Å². The number of carbonyl (C=O) groups is 2. The Kier molecular flexibility index (Phi) is 6.86. The van der Waals surface area contributed by atoms with Gasteiger partial charge >= 0.3 is 5.97 Å². The Labute approximate surface area is 120 Å². The number of rotatable bonds is 8. The lowest BCUT2D eigenvalue weighted by atomic mass is 10.1. The van der Waals surface area contributed by atoms with Crippen LogP contribution in [0.3, 0.4) is 0 Å². The van der Waals surface area contributed by atoms with Gasteiger partial charge in [0.05, 0.1) is 17.9 Å². The Bertz CT molecular complexity index is 432. The number of thioether (sulfide) groups is 1. The highest BCUT2D eigenvalue weighted by molar-refractivity contribution is 8.01. The van der Waals surface area contributed by atoms with Gasteiger partial charge in [-0.2, -0.15) is 0 Å². The van der Waals surface area contributed by atoms with Gasteiger partial charge in [-0.15, -0.1) is 11.3 Å². The third-order valence-electron chi connectivity index (χ3n) is 2.23. The molecule has 1 heterocycles. The van der Waals surface area contributed by atoms with Crippen LogP contribution in [0.2, 0.25) is 0 Å². The molecular formula is C12H18N2O3S2. The van der Waals surface area contributed by atoms with Crippen LogP contribution in [0.15, 0.2) is 9.72 Å². The number of hydrogen-bond donors (Lipinski definition) is 2. The predicted octanol–water partition coefficient (Wildman–Crippen LogP) is 2.02. The normalized spacial score (nSPS) is 10.7. The van der Waals surface area contributed by atoms with Gasteiger partial charge in [-0.05, 0) is 12.3 Å². The van der Waals surface area contributed by atoms with Crippen molar-refractivity contribution >= 4 is 35.0 Å². The molecule has 0 bridgehead atoms. The molecule has 2 N–H and O–H groups in total. The first-order valence-electron chi connectivity index (χ1n) is 6.03. The first-order valence-corrected chi connectivity index (χ1v) is 7.89. The maximum atomic E-state index is 11.5. The van der Waals surface area contributed by atoms with Gasteiger partial charge in [0.25, 0.3) is 0 Å². The number of aliphatic carboxylic acids is 1. The lowest BCUT2D eigenvalue weighted by molar-refractivity contribution is -0.136. The van der Waals surface area contributed by atoms with Crippen molar-refractivity contribution in [2.45, 2.75) is 31.0 Å². The average Bonchev–Trinajstić information content (AvgIpc) is 2.72. The fourth-order valence-electron chi connectivity index (χ4n) is 1.27. The van der Waals surface area contributed by atoms with E-state index in [4.69, 9.17) is 5.11 Å². The summed E-state index contributed by atoms with van der Waals surface area (Å²) in [5, 5.41) is 13.2. The molecule has 1 amide bonds. The van der Waals surface area contributed by atoms with E-state index in [9.17, 15) is 9.59 Å². The highest BCUT2D eigenvalue weighted by atomic mass is 32.2. The van der Waals surface area contributed by atoms with Crippen molar-refractivity contribution in [3.8, 4) is 0 Å². The lowest BCUT2D eigenvalue weighted by Gasteiger charge is -2.06. The number of hydrogen-bond acceptors (Lipinski definition) is 5. The fraction of sp³-hybridized carbons (Fsp3) is 0.583. The van der Waals surface area contributed by atoms with Crippen molar-refractivity contribution < 1.29 is 14.7 Å². The minimum absolute atomic E-state index is 0.0133. The van der Waals surface area contributed by atoms with Gasteiger partial charge in [0.1, 0.15) is 0 Å². The first-order chi connectivity index (χ1) is 8.97. The molecule has 1 aromatic rings. The van der Waals surface area contributed by atoms with E-state index >= 15 is 0 Å². The summed E-state index contributed by atoms with van der Waals surface area (Å²) in [6.07, 6.45) is 0.897. The Morgan fingerprint density at radius 2 is 2.26 bits per heavy atom. The van der Waals surface area contributed by atoms with Crippen molar-refractivity contribution in [1.29, 1.82) is 0 Å². The zero-order chi connectivity index (χ0) is 14.3. The Balaban J connectivity index is 2.26. The zero-order valence-corrected chi connectivity index (χ0v) is 12.6. The van der Waals surface area contributed by atoms with E-state index in [2.05, 4.69) is 24.1 Å². The monoisotopic (exact) mass is 302 g/mol. The molecule has 0 radical (unpaired) electrons. The third kappa shape index (κ3) is 7.17. The molecule has 0 unspecified atom stereocenters. The first kappa shape index (κ1) is 16.0. The summed E-state index contributed by atoms with van der Waals surface area (Å²) < 4.78 is 0.732. The van der Waals surface area contributed by atoms with Gasteiger partial charge in [0.15, 0.2) is 4.34 Å². The van der Waals surface area contributed by atoms with Crippen molar-refractivity contribution in [2.75, 3.05) is 12.3 Å². The molecule has 7 heteroatoms. The minimum Gasteiger partial charge on any atom is -0.481 e. The number of carbonyl (C=O) groups excluding carboxylic acids is 1. The number of aromatic nitrogens is 1. The number of thiazole rings is 1. The molecule has 0 spiro atoms. The standard InChI is InChI=1S/C12H18N2O3S2/c1-8(2)3-4-13-10(15)7-19-12-14-9(6-18-12)5-11(16)17/h6,8H,3-5,7H2,1-2H3,(H,13,15)(H,16,17). The van der Waals surface area contributed by atoms with Crippen molar-refractivity contribution in [1.82, 2.24) is 10.3 Å². The van der Waals surface area contributed by atoms with E-state index < -0.39 is 5.97 Å². The van der Waals surface area contributed by atoms with E-state index in [1.165, 1.54) is 23.1 Å².